The molecule has 0 aliphatic heterocycles. The molecule has 0 amide bonds. The summed E-state index contributed by atoms with van der Waals surface area (Å²) >= 11 is 0. The monoisotopic (exact) mass is 272 g/mol. The maximum atomic E-state index is 12.3. The molecule has 0 aromatic carbocycles. The number of H-pyrrole nitrogens is 1. The summed E-state index contributed by atoms with van der Waals surface area (Å²) in [5.41, 5.74) is -0.158. The normalized spacial score (nSPS) is 10.6. The average molecular weight is 272 g/mol. The summed E-state index contributed by atoms with van der Waals surface area (Å²) in [6.07, 6.45) is 5.27. The summed E-state index contributed by atoms with van der Waals surface area (Å²) in [5.74, 6) is 0.598. The van der Waals surface area contributed by atoms with E-state index >= 15 is 0 Å². The van der Waals surface area contributed by atoms with Gasteiger partial charge in [-0.15, -0.1) is 19.7 Å². The first kappa shape index (κ1) is 13.8. The topological polar surface area (TPSA) is 72.7 Å². The zero-order valence-corrected chi connectivity index (χ0v) is 11.1. The van der Waals surface area contributed by atoms with Gasteiger partial charge in [-0.1, -0.05) is 18.2 Å². The number of aromatic amines is 1. The van der Waals surface area contributed by atoms with E-state index in [1.54, 1.807) is 12.2 Å². The highest BCUT2D eigenvalue weighted by Gasteiger charge is 2.15. The Balaban J connectivity index is 2.86. The Kier molecular flexibility index (Phi) is 3.84. The molecule has 0 aliphatic rings. The van der Waals surface area contributed by atoms with E-state index in [4.69, 9.17) is 0 Å². The predicted octanol–water partition coefficient (Wildman–Crippen LogP) is 0.987. The molecule has 2 rings (SSSR count). The Bertz CT molecular complexity index is 792. The molecule has 6 nitrogen and oxygen atoms in total. The molecule has 104 valence electrons. The lowest BCUT2D eigenvalue weighted by atomic mass is 10.4. The number of rotatable bonds is 6. The van der Waals surface area contributed by atoms with Crippen LogP contribution >= 0.6 is 0 Å². The summed E-state index contributed by atoms with van der Waals surface area (Å²) in [6, 6.07) is 0. The Morgan fingerprint density at radius 2 is 1.70 bits per heavy atom. The molecule has 0 bridgehead atoms. The van der Waals surface area contributed by atoms with Gasteiger partial charge in [0.2, 0.25) is 0 Å². The van der Waals surface area contributed by atoms with E-state index in [-0.39, 0.29) is 13.1 Å². The van der Waals surface area contributed by atoms with Crippen molar-refractivity contribution in [1.29, 1.82) is 0 Å². The van der Waals surface area contributed by atoms with E-state index in [2.05, 4.69) is 29.7 Å². The van der Waals surface area contributed by atoms with Crippen LogP contribution in [-0.2, 0) is 19.5 Å². The Morgan fingerprint density at radius 3 is 2.30 bits per heavy atom. The van der Waals surface area contributed by atoms with E-state index in [0.29, 0.717) is 23.4 Å². The lowest BCUT2D eigenvalue weighted by molar-refractivity contribution is 0.645. The zero-order chi connectivity index (χ0) is 14.7. The third-order valence-corrected chi connectivity index (χ3v) is 2.87. The molecular formula is C14H16N4O2. The number of imidazole rings is 1. The van der Waals surface area contributed by atoms with Gasteiger partial charge in [0, 0.05) is 19.5 Å². The third kappa shape index (κ3) is 2.16. The van der Waals surface area contributed by atoms with Crippen molar-refractivity contribution in [1.82, 2.24) is 19.1 Å². The minimum absolute atomic E-state index is 0.153. The van der Waals surface area contributed by atoms with Gasteiger partial charge in [0.05, 0.1) is 0 Å². The molecule has 2 aromatic heterocycles. The minimum Gasteiger partial charge on any atom is -0.336 e. The van der Waals surface area contributed by atoms with Crippen molar-refractivity contribution in [3.8, 4) is 0 Å². The fraction of sp³-hybridized carbons (Fsp3) is 0.214. The Morgan fingerprint density at radius 1 is 1.05 bits per heavy atom. The van der Waals surface area contributed by atoms with Gasteiger partial charge < -0.3 is 4.98 Å². The molecule has 1 N–H and O–H groups in total. The Labute approximate surface area is 115 Å². The van der Waals surface area contributed by atoms with Gasteiger partial charge >= 0.3 is 5.69 Å². The molecular weight excluding hydrogens is 256 g/mol. The number of hydrogen-bond acceptors (Lipinski definition) is 3. The second kappa shape index (κ2) is 5.56. The van der Waals surface area contributed by atoms with Crippen LogP contribution in [0, 0.1) is 0 Å². The number of aromatic nitrogens is 4. The maximum Gasteiger partial charge on any atom is 0.333 e. The summed E-state index contributed by atoms with van der Waals surface area (Å²) in [6.45, 7) is 11.3. The highest BCUT2D eigenvalue weighted by molar-refractivity contribution is 5.70. The fourth-order valence-corrected chi connectivity index (χ4v) is 2.03. The SMILES string of the molecule is C=CCc1nc2c([nH]1)c(=O)n(CC=C)c(=O)n2CC=C. The van der Waals surface area contributed by atoms with Gasteiger partial charge in [-0.05, 0) is 0 Å². The highest BCUT2D eigenvalue weighted by atomic mass is 16.2. The van der Waals surface area contributed by atoms with E-state index < -0.39 is 11.2 Å². The molecule has 2 heterocycles. The van der Waals surface area contributed by atoms with Gasteiger partial charge in [-0.25, -0.2) is 9.78 Å². The van der Waals surface area contributed by atoms with Crippen molar-refractivity contribution < 1.29 is 0 Å². The van der Waals surface area contributed by atoms with Crippen LogP contribution in [0.1, 0.15) is 5.82 Å². The largest absolute Gasteiger partial charge is 0.336 e. The molecule has 0 saturated carbocycles. The van der Waals surface area contributed by atoms with Gasteiger partial charge in [-0.3, -0.25) is 13.9 Å². The highest BCUT2D eigenvalue weighted by Crippen LogP contribution is 2.06. The molecule has 20 heavy (non-hydrogen) atoms. The van der Waals surface area contributed by atoms with E-state index in [9.17, 15) is 9.59 Å². The maximum absolute atomic E-state index is 12.3. The smallest absolute Gasteiger partial charge is 0.333 e. The van der Waals surface area contributed by atoms with Gasteiger partial charge in [0.25, 0.3) is 5.56 Å². The quantitative estimate of drug-likeness (QED) is 0.797. The van der Waals surface area contributed by atoms with Crippen LogP contribution in [0.15, 0.2) is 47.6 Å². The first-order chi connectivity index (χ1) is 9.63. The van der Waals surface area contributed by atoms with Crippen LogP contribution in [-0.4, -0.2) is 19.1 Å². The number of nitrogens with zero attached hydrogens (tertiary/aromatic N) is 3. The van der Waals surface area contributed by atoms with Crippen molar-refractivity contribution in [2.45, 2.75) is 19.5 Å². The third-order valence-electron chi connectivity index (χ3n) is 2.87. The number of allylic oxidation sites excluding steroid dienone is 3. The summed E-state index contributed by atoms with van der Waals surface area (Å²) < 4.78 is 2.53. The predicted molar refractivity (Wildman–Crippen MR) is 78.9 cm³/mol. The summed E-state index contributed by atoms with van der Waals surface area (Å²) in [7, 11) is 0. The molecule has 2 aromatic rings. The van der Waals surface area contributed by atoms with E-state index in [1.807, 2.05) is 0 Å². The second-order valence-corrected chi connectivity index (χ2v) is 4.26. The van der Waals surface area contributed by atoms with Crippen LogP contribution in [0.25, 0.3) is 11.2 Å². The molecule has 0 atom stereocenters. The number of fused-ring (bicyclic) bond motifs is 1. The number of nitrogens with one attached hydrogen (secondary N) is 1. The lowest BCUT2D eigenvalue weighted by Gasteiger charge is -2.07. The van der Waals surface area contributed by atoms with E-state index in [1.165, 1.54) is 10.6 Å². The zero-order valence-electron chi connectivity index (χ0n) is 11.1. The molecule has 0 fully saturated rings. The first-order valence-electron chi connectivity index (χ1n) is 6.19. The molecule has 0 aliphatic carbocycles. The minimum atomic E-state index is -0.418. The van der Waals surface area contributed by atoms with Crippen molar-refractivity contribution >= 4 is 11.2 Å². The van der Waals surface area contributed by atoms with Crippen molar-refractivity contribution in [3.63, 3.8) is 0 Å². The van der Waals surface area contributed by atoms with Gasteiger partial charge in [-0.2, -0.15) is 0 Å². The molecule has 0 spiro atoms. The van der Waals surface area contributed by atoms with Crippen LogP contribution in [0.2, 0.25) is 0 Å². The molecule has 6 heteroatoms. The van der Waals surface area contributed by atoms with Gasteiger partial charge in [0.1, 0.15) is 11.3 Å². The van der Waals surface area contributed by atoms with Crippen LogP contribution < -0.4 is 11.2 Å². The lowest BCUT2D eigenvalue weighted by Crippen LogP contribution is -2.39. The summed E-state index contributed by atoms with van der Waals surface area (Å²) in [4.78, 5) is 31.8. The Hall–Kier alpha value is -2.63. The first-order valence-corrected chi connectivity index (χ1v) is 6.19. The average Bonchev–Trinajstić information content (AvgIpc) is 2.84. The van der Waals surface area contributed by atoms with Gasteiger partial charge in [0.15, 0.2) is 5.65 Å². The van der Waals surface area contributed by atoms with Crippen molar-refractivity contribution in [3.05, 3.63) is 64.6 Å². The van der Waals surface area contributed by atoms with E-state index in [0.717, 1.165) is 4.57 Å². The summed E-state index contributed by atoms with van der Waals surface area (Å²) in [5, 5.41) is 0. The van der Waals surface area contributed by atoms with Crippen LogP contribution in [0.4, 0.5) is 0 Å². The second-order valence-electron chi connectivity index (χ2n) is 4.26. The van der Waals surface area contributed by atoms with Crippen molar-refractivity contribution in [2.24, 2.45) is 0 Å². The van der Waals surface area contributed by atoms with Crippen LogP contribution in [0.3, 0.4) is 0 Å². The molecule has 0 saturated heterocycles. The number of hydrogen-bond donors (Lipinski definition) is 1. The van der Waals surface area contributed by atoms with Crippen LogP contribution in [0.5, 0.6) is 0 Å². The fourth-order valence-electron chi connectivity index (χ4n) is 2.03. The standard InChI is InChI=1S/C14H16N4O2/c1-4-7-10-15-11-12(16-10)17(8-5-2)14(20)18(9-6-3)13(11)19/h4-6H,1-3,7-9H2,(H,15,16). The van der Waals surface area contributed by atoms with Crippen molar-refractivity contribution in [2.75, 3.05) is 0 Å². The molecule has 0 unspecified atom stereocenters. The molecule has 0 radical (unpaired) electrons.